The van der Waals surface area contributed by atoms with Crippen molar-refractivity contribution in [3.05, 3.63) is 72.7 Å². The molecule has 0 atom stereocenters. The molecule has 5 nitrogen and oxygen atoms in total. The number of rotatable bonds is 3. The van der Waals surface area contributed by atoms with Crippen molar-refractivity contribution < 1.29 is 9.18 Å². The number of amides is 1. The Kier molecular flexibility index (Phi) is 3.42. The van der Waals surface area contributed by atoms with Gasteiger partial charge in [0.25, 0.3) is 5.91 Å². The third kappa shape index (κ3) is 2.79. The Hall–Kier alpha value is -3.02. The van der Waals surface area contributed by atoms with E-state index in [-0.39, 0.29) is 11.7 Å². The molecule has 0 radical (unpaired) electrons. The molecule has 0 unspecified atom stereocenters. The second kappa shape index (κ2) is 5.54. The molecule has 3 rings (SSSR count). The quantitative estimate of drug-likeness (QED) is 0.803. The maximum atomic E-state index is 13.0. The molecule has 0 spiro atoms. The fraction of sp³-hybridized carbons (Fsp3) is 0. The number of nitrogens with zero attached hydrogens (tertiary/aromatic N) is 3. The van der Waals surface area contributed by atoms with E-state index in [9.17, 15) is 9.18 Å². The van der Waals surface area contributed by atoms with Crippen LogP contribution < -0.4 is 5.32 Å². The van der Waals surface area contributed by atoms with Gasteiger partial charge in [-0.15, -0.1) is 0 Å². The lowest BCUT2D eigenvalue weighted by Crippen LogP contribution is -2.16. The minimum atomic E-state index is -0.337. The molecule has 1 aromatic carbocycles. The van der Waals surface area contributed by atoms with E-state index in [0.717, 1.165) is 0 Å². The monoisotopic (exact) mass is 282 g/mol. The van der Waals surface area contributed by atoms with Gasteiger partial charge in [0, 0.05) is 11.9 Å². The highest BCUT2D eigenvalue weighted by molar-refractivity contribution is 6.02. The van der Waals surface area contributed by atoms with E-state index in [0.29, 0.717) is 17.2 Å². The van der Waals surface area contributed by atoms with Gasteiger partial charge in [-0.1, -0.05) is 6.07 Å². The van der Waals surface area contributed by atoms with Gasteiger partial charge in [-0.05, 0) is 36.4 Å². The van der Waals surface area contributed by atoms with Gasteiger partial charge in [-0.3, -0.25) is 9.36 Å². The van der Waals surface area contributed by atoms with Crippen molar-refractivity contribution in [2.24, 2.45) is 0 Å². The molecule has 6 heteroatoms. The average molecular weight is 282 g/mol. The third-order valence-electron chi connectivity index (χ3n) is 2.88. The van der Waals surface area contributed by atoms with Crippen LogP contribution in [0.5, 0.6) is 0 Å². The summed E-state index contributed by atoms with van der Waals surface area (Å²) in [5.74, 6) is -0.219. The van der Waals surface area contributed by atoms with Crippen LogP contribution in [0.15, 0.2) is 61.2 Å². The van der Waals surface area contributed by atoms with Crippen LogP contribution in [0.3, 0.4) is 0 Å². The first kappa shape index (κ1) is 13.0. The van der Waals surface area contributed by atoms with Crippen LogP contribution in [-0.2, 0) is 0 Å². The van der Waals surface area contributed by atoms with E-state index in [1.807, 2.05) is 0 Å². The molecule has 0 aliphatic carbocycles. The molecule has 1 amide bonds. The number of carbonyl (C=O) groups excluding carboxylic acids is 1. The zero-order valence-electron chi connectivity index (χ0n) is 10.9. The van der Waals surface area contributed by atoms with Crippen molar-refractivity contribution in [3.8, 4) is 5.69 Å². The summed E-state index contributed by atoms with van der Waals surface area (Å²) in [6.07, 6.45) is 4.54. The standard InChI is InChI=1S/C15H11FN4O/c16-11-4-6-12(7-5-11)20-10-17-9-13(20)15(21)19-14-3-1-2-8-18-14/h1-10H,(H,18,19,21). The summed E-state index contributed by atoms with van der Waals surface area (Å²) in [5, 5.41) is 2.68. The minimum Gasteiger partial charge on any atom is -0.305 e. The van der Waals surface area contributed by atoms with Gasteiger partial charge in [0.1, 0.15) is 17.3 Å². The number of nitrogens with one attached hydrogen (secondary N) is 1. The molecule has 0 aliphatic heterocycles. The highest BCUT2D eigenvalue weighted by Crippen LogP contribution is 2.13. The van der Waals surface area contributed by atoms with Crippen molar-refractivity contribution in [1.82, 2.24) is 14.5 Å². The zero-order chi connectivity index (χ0) is 14.7. The van der Waals surface area contributed by atoms with Gasteiger partial charge in [0.2, 0.25) is 0 Å². The summed E-state index contributed by atoms with van der Waals surface area (Å²) >= 11 is 0. The molecule has 2 aromatic heterocycles. The predicted molar refractivity (Wildman–Crippen MR) is 75.7 cm³/mol. The Bertz CT molecular complexity index is 753. The highest BCUT2D eigenvalue weighted by atomic mass is 19.1. The van der Waals surface area contributed by atoms with Crippen molar-refractivity contribution >= 4 is 11.7 Å². The van der Waals surface area contributed by atoms with Crippen LogP contribution in [0, 0.1) is 5.82 Å². The summed E-state index contributed by atoms with van der Waals surface area (Å²) in [6.45, 7) is 0. The lowest BCUT2D eigenvalue weighted by Gasteiger charge is -2.08. The SMILES string of the molecule is O=C(Nc1ccccn1)c1cncn1-c1ccc(F)cc1. The Morgan fingerprint density at radius 3 is 2.67 bits per heavy atom. The van der Waals surface area contributed by atoms with Crippen molar-refractivity contribution in [2.75, 3.05) is 5.32 Å². The van der Waals surface area contributed by atoms with Gasteiger partial charge < -0.3 is 5.32 Å². The molecular weight excluding hydrogens is 271 g/mol. The predicted octanol–water partition coefficient (Wildman–Crippen LogP) is 2.66. The normalized spacial score (nSPS) is 10.3. The zero-order valence-corrected chi connectivity index (χ0v) is 10.9. The molecule has 104 valence electrons. The first-order valence-electron chi connectivity index (χ1n) is 6.25. The van der Waals surface area contributed by atoms with Gasteiger partial charge >= 0.3 is 0 Å². The van der Waals surface area contributed by atoms with E-state index >= 15 is 0 Å². The van der Waals surface area contributed by atoms with E-state index in [2.05, 4.69) is 15.3 Å². The maximum absolute atomic E-state index is 13.0. The van der Waals surface area contributed by atoms with E-state index in [1.165, 1.54) is 24.7 Å². The summed E-state index contributed by atoms with van der Waals surface area (Å²) < 4.78 is 14.5. The maximum Gasteiger partial charge on any atom is 0.275 e. The number of aromatic nitrogens is 3. The molecule has 0 saturated carbocycles. The summed E-state index contributed by atoms with van der Waals surface area (Å²) in [5.41, 5.74) is 0.993. The van der Waals surface area contributed by atoms with Crippen LogP contribution in [0.4, 0.5) is 10.2 Å². The molecule has 21 heavy (non-hydrogen) atoms. The van der Waals surface area contributed by atoms with E-state index in [4.69, 9.17) is 0 Å². The largest absolute Gasteiger partial charge is 0.305 e. The van der Waals surface area contributed by atoms with Crippen LogP contribution in [-0.4, -0.2) is 20.4 Å². The molecule has 0 fully saturated rings. The van der Waals surface area contributed by atoms with Crippen LogP contribution >= 0.6 is 0 Å². The average Bonchev–Trinajstić information content (AvgIpc) is 2.98. The van der Waals surface area contributed by atoms with Crippen LogP contribution in [0.25, 0.3) is 5.69 Å². The Morgan fingerprint density at radius 1 is 1.14 bits per heavy atom. The number of halogens is 1. The highest BCUT2D eigenvalue weighted by Gasteiger charge is 2.13. The summed E-state index contributed by atoms with van der Waals surface area (Å²) in [6, 6.07) is 11.0. The Balaban J connectivity index is 1.88. The van der Waals surface area contributed by atoms with E-state index < -0.39 is 0 Å². The molecule has 0 aliphatic rings. The topological polar surface area (TPSA) is 59.8 Å². The Labute approximate surface area is 120 Å². The second-order valence-electron chi connectivity index (χ2n) is 4.29. The number of pyridine rings is 1. The van der Waals surface area contributed by atoms with Gasteiger partial charge in [-0.25, -0.2) is 14.4 Å². The smallest absolute Gasteiger partial charge is 0.275 e. The van der Waals surface area contributed by atoms with Gasteiger partial charge in [0.15, 0.2) is 0 Å². The second-order valence-corrected chi connectivity index (χ2v) is 4.29. The van der Waals surface area contributed by atoms with Gasteiger partial charge in [-0.2, -0.15) is 0 Å². The van der Waals surface area contributed by atoms with Crippen molar-refractivity contribution in [3.63, 3.8) is 0 Å². The Morgan fingerprint density at radius 2 is 1.95 bits per heavy atom. The fourth-order valence-corrected chi connectivity index (χ4v) is 1.89. The number of carbonyl (C=O) groups is 1. The number of benzene rings is 1. The van der Waals surface area contributed by atoms with Crippen molar-refractivity contribution in [1.29, 1.82) is 0 Å². The number of hydrogen-bond acceptors (Lipinski definition) is 3. The lowest BCUT2D eigenvalue weighted by molar-refractivity contribution is 0.102. The number of anilines is 1. The van der Waals surface area contributed by atoms with Gasteiger partial charge in [0.05, 0.1) is 12.5 Å². The fourth-order valence-electron chi connectivity index (χ4n) is 1.89. The molecule has 2 heterocycles. The first-order chi connectivity index (χ1) is 10.2. The molecule has 1 N–H and O–H groups in total. The summed E-state index contributed by atoms with van der Waals surface area (Å²) in [4.78, 5) is 20.3. The van der Waals surface area contributed by atoms with E-state index in [1.54, 1.807) is 41.1 Å². The van der Waals surface area contributed by atoms with Crippen LogP contribution in [0.1, 0.15) is 10.5 Å². The summed E-state index contributed by atoms with van der Waals surface area (Å²) in [7, 11) is 0. The molecule has 0 saturated heterocycles. The van der Waals surface area contributed by atoms with Crippen molar-refractivity contribution in [2.45, 2.75) is 0 Å². The van der Waals surface area contributed by atoms with Crippen LogP contribution in [0.2, 0.25) is 0 Å². The lowest BCUT2D eigenvalue weighted by atomic mass is 10.3. The minimum absolute atomic E-state index is 0.335. The number of hydrogen-bond donors (Lipinski definition) is 1. The molecule has 0 bridgehead atoms. The molecular formula is C15H11FN4O. The molecule has 3 aromatic rings. The third-order valence-corrected chi connectivity index (χ3v) is 2.88. The number of imidazole rings is 1. The first-order valence-corrected chi connectivity index (χ1v) is 6.25.